The first-order valence-corrected chi connectivity index (χ1v) is 6.24. The van der Waals surface area contributed by atoms with Crippen LogP contribution in [0.15, 0.2) is 0 Å². The Morgan fingerprint density at radius 3 is 2.53 bits per heavy atom. The molecule has 0 aromatic heterocycles. The molecule has 2 aliphatic carbocycles. The van der Waals surface area contributed by atoms with Crippen molar-refractivity contribution in [1.29, 1.82) is 0 Å². The fourth-order valence-corrected chi connectivity index (χ4v) is 3.54. The number of hydrogen-bond donors (Lipinski definition) is 0. The molecule has 0 spiro atoms. The summed E-state index contributed by atoms with van der Waals surface area (Å²) in [6.07, 6.45) is 5.89. The van der Waals surface area contributed by atoms with Gasteiger partial charge in [-0.15, -0.1) is 0 Å². The van der Waals surface area contributed by atoms with E-state index in [2.05, 4.69) is 13.8 Å². The van der Waals surface area contributed by atoms with E-state index in [4.69, 9.17) is 4.74 Å². The van der Waals surface area contributed by atoms with Crippen molar-refractivity contribution in [3.8, 4) is 0 Å². The maximum atomic E-state index is 11.4. The molecule has 86 valence electrons. The second-order valence-corrected chi connectivity index (χ2v) is 5.71. The lowest BCUT2D eigenvalue weighted by atomic mass is 9.78. The van der Waals surface area contributed by atoms with E-state index in [1.165, 1.54) is 25.7 Å². The van der Waals surface area contributed by atoms with Gasteiger partial charge in [0.05, 0.1) is 0 Å². The fraction of sp³-hybridized carbons (Fsp3) is 0.923. The lowest BCUT2D eigenvalue weighted by Crippen LogP contribution is -2.39. The van der Waals surface area contributed by atoms with Gasteiger partial charge in [0.2, 0.25) is 0 Å². The van der Waals surface area contributed by atoms with E-state index < -0.39 is 0 Å². The van der Waals surface area contributed by atoms with Gasteiger partial charge in [-0.1, -0.05) is 13.3 Å². The maximum Gasteiger partial charge on any atom is 0.306 e. The number of fused-ring (bicyclic) bond motifs is 2. The summed E-state index contributed by atoms with van der Waals surface area (Å²) in [6.45, 7) is 6.04. The summed E-state index contributed by atoms with van der Waals surface area (Å²) in [5.41, 5.74) is -0.243. The van der Waals surface area contributed by atoms with Crippen LogP contribution in [0.4, 0.5) is 0 Å². The van der Waals surface area contributed by atoms with Crippen LogP contribution in [0.1, 0.15) is 52.9 Å². The summed E-state index contributed by atoms with van der Waals surface area (Å²) in [5.74, 6) is 2.28. The molecule has 0 heterocycles. The second-order valence-electron chi connectivity index (χ2n) is 5.71. The van der Waals surface area contributed by atoms with Gasteiger partial charge in [-0.3, -0.25) is 4.79 Å². The molecule has 0 radical (unpaired) electrons. The highest BCUT2D eigenvalue weighted by Crippen LogP contribution is 2.52. The van der Waals surface area contributed by atoms with E-state index in [0.717, 1.165) is 11.8 Å². The first-order valence-electron chi connectivity index (χ1n) is 6.24. The zero-order valence-electron chi connectivity index (χ0n) is 10.1. The summed E-state index contributed by atoms with van der Waals surface area (Å²) >= 11 is 0. The van der Waals surface area contributed by atoms with Crippen molar-refractivity contribution in [1.82, 2.24) is 0 Å². The number of carbonyl (C=O) groups is 1. The standard InChI is InChI=1S/C13H22O2/c1-4-12(14)15-13(2,3)11-8-9-5-6-10(11)7-9/h9-11H,4-8H2,1-3H3. The van der Waals surface area contributed by atoms with Gasteiger partial charge in [-0.2, -0.15) is 0 Å². The number of ether oxygens (including phenoxy) is 1. The predicted octanol–water partition coefficient (Wildman–Crippen LogP) is 3.15. The highest BCUT2D eigenvalue weighted by molar-refractivity contribution is 5.69. The minimum absolute atomic E-state index is 0.0530. The van der Waals surface area contributed by atoms with Crippen molar-refractivity contribution < 1.29 is 9.53 Å². The Kier molecular flexibility index (Phi) is 2.78. The molecule has 2 rings (SSSR count). The first kappa shape index (κ1) is 11.0. The number of hydrogen-bond acceptors (Lipinski definition) is 2. The smallest absolute Gasteiger partial charge is 0.306 e. The first-order chi connectivity index (χ1) is 7.03. The normalized spacial score (nSPS) is 34.5. The Morgan fingerprint density at radius 2 is 2.07 bits per heavy atom. The van der Waals surface area contributed by atoms with Crippen LogP contribution in [0, 0.1) is 17.8 Å². The summed E-state index contributed by atoms with van der Waals surface area (Å²) in [5, 5.41) is 0. The van der Waals surface area contributed by atoms with E-state index in [1.807, 2.05) is 6.92 Å². The Balaban J connectivity index is 1.99. The topological polar surface area (TPSA) is 26.3 Å². The van der Waals surface area contributed by atoms with Gasteiger partial charge in [-0.05, 0) is 44.9 Å². The molecule has 2 bridgehead atoms. The Morgan fingerprint density at radius 1 is 1.33 bits per heavy atom. The second kappa shape index (κ2) is 3.80. The maximum absolute atomic E-state index is 11.4. The minimum Gasteiger partial charge on any atom is -0.459 e. The Labute approximate surface area is 92.4 Å². The van der Waals surface area contributed by atoms with Gasteiger partial charge in [0.15, 0.2) is 0 Å². The molecule has 0 aliphatic heterocycles. The predicted molar refractivity (Wildman–Crippen MR) is 59.4 cm³/mol. The molecule has 2 aliphatic rings. The Hall–Kier alpha value is -0.530. The summed E-state index contributed by atoms with van der Waals surface area (Å²) < 4.78 is 5.58. The van der Waals surface area contributed by atoms with Crippen molar-refractivity contribution in [2.75, 3.05) is 0 Å². The summed E-state index contributed by atoms with van der Waals surface area (Å²) in [4.78, 5) is 11.4. The molecule has 0 saturated heterocycles. The van der Waals surface area contributed by atoms with Crippen LogP contribution in [-0.4, -0.2) is 11.6 Å². The molecule has 2 heteroatoms. The van der Waals surface area contributed by atoms with Crippen LogP contribution in [0.25, 0.3) is 0 Å². The largest absolute Gasteiger partial charge is 0.459 e. The Bertz CT molecular complexity index is 257. The van der Waals surface area contributed by atoms with Crippen molar-refractivity contribution in [2.24, 2.45) is 17.8 Å². The van der Waals surface area contributed by atoms with Crippen LogP contribution >= 0.6 is 0 Å². The molecule has 2 nitrogen and oxygen atoms in total. The van der Waals surface area contributed by atoms with E-state index in [-0.39, 0.29) is 11.6 Å². The molecule has 0 amide bonds. The molecule has 2 fully saturated rings. The zero-order valence-corrected chi connectivity index (χ0v) is 10.1. The lowest BCUT2D eigenvalue weighted by Gasteiger charge is -2.36. The monoisotopic (exact) mass is 210 g/mol. The fourth-order valence-electron chi connectivity index (χ4n) is 3.54. The summed E-state index contributed by atoms with van der Waals surface area (Å²) in [6, 6.07) is 0. The molecule has 0 aromatic rings. The van der Waals surface area contributed by atoms with Crippen molar-refractivity contribution in [3.63, 3.8) is 0 Å². The van der Waals surface area contributed by atoms with Crippen molar-refractivity contribution in [2.45, 2.75) is 58.5 Å². The molecular formula is C13H22O2. The van der Waals surface area contributed by atoms with Crippen molar-refractivity contribution >= 4 is 5.97 Å². The minimum atomic E-state index is -0.243. The SMILES string of the molecule is CCC(=O)OC(C)(C)C1CC2CCC1C2. The molecule has 3 unspecified atom stereocenters. The van der Waals surface area contributed by atoms with Crippen LogP contribution in [0.3, 0.4) is 0 Å². The van der Waals surface area contributed by atoms with E-state index in [9.17, 15) is 4.79 Å². The third-order valence-corrected chi connectivity index (χ3v) is 4.30. The van der Waals surface area contributed by atoms with Gasteiger partial charge in [-0.25, -0.2) is 0 Å². The lowest BCUT2D eigenvalue weighted by molar-refractivity contribution is -0.163. The van der Waals surface area contributed by atoms with Gasteiger partial charge in [0, 0.05) is 12.3 Å². The number of rotatable bonds is 3. The zero-order chi connectivity index (χ0) is 11.1. The molecule has 0 N–H and O–H groups in total. The average molecular weight is 210 g/mol. The number of carbonyl (C=O) groups excluding carboxylic acids is 1. The molecule has 2 saturated carbocycles. The van der Waals surface area contributed by atoms with Crippen LogP contribution < -0.4 is 0 Å². The average Bonchev–Trinajstić information content (AvgIpc) is 2.77. The summed E-state index contributed by atoms with van der Waals surface area (Å²) in [7, 11) is 0. The highest BCUT2D eigenvalue weighted by atomic mass is 16.6. The van der Waals surface area contributed by atoms with Gasteiger partial charge >= 0.3 is 5.97 Å². The van der Waals surface area contributed by atoms with E-state index in [0.29, 0.717) is 12.3 Å². The highest BCUT2D eigenvalue weighted by Gasteiger charge is 2.48. The van der Waals surface area contributed by atoms with Crippen LogP contribution in [0.2, 0.25) is 0 Å². The third kappa shape index (κ3) is 2.04. The van der Waals surface area contributed by atoms with Gasteiger partial charge in [0.1, 0.15) is 5.60 Å². The van der Waals surface area contributed by atoms with Crippen LogP contribution in [-0.2, 0) is 9.53 Å². The molecule has 3 atom stereocenters. The van der Waals surface area contributed by atoms with Gasteiger partial charge < -0.3 is 4.74 Å². The van der Waals surface area contributed by atoms with Crippen molar-refractivity contribution in [3.05, 3.63) is 0 Å². The quantitative estimate of drug-likeness (QED) is 0.669. The third-order valence-electron chi connectivity index (χ3n) is 4.30. The van der Waals surface area contributed by atoms with Crippen LogP contribution in [0.5, 0.6) is 0 Å². The van der Waals surface area contributed by atoms with Gasteiger partial charge in [0.25, 0.3) is 0 Å². The number of esters is 1. The molecule has 0 aromatic carbocycles. The van der Waals surface area contributed by atoms with E-state index in [1.54, 1.807) is 0 Å². The molecule has 15 heavy (non-hydrogen) atoms. The van der Waals surface area contributed by atoms with E-state index >= 15 is 0 Å². The molecular weight excluding hydrogens is 188 g/mol.